The van der Waals surface area contributed by atoms with Gasteiger partial charge in [0.2, 0.25) is 0 Å². The minimum atomic E-state index is -4.39. The van der Waals surface area contributed by atoms with E-state index in [-0.39, 0.29) is 17.3 Å². The van der Waals surface area contributed by atoms with Gasteiger partial charge in [0.25, 0.3) is 0 Å². The number of nitrogens with two attached hydrogens (primary N) is 1. The summed E-state index contributed by atoms with van der Waals surface area (Å²) in [5.74, 6) is -0.390. The quantitative estimate of drug-likeness (QED) is 0.832. The van der Waals surface area contributed by atoms with E-state index in [0.29, 0.717) is 0 Å². The Morgan fingerprint density at radius 3 is 2.00 bits per heavy atom. The van der Waals surface area contributed by atoms with Crippen molar-refractivity contribution in [1.82, 2.24) is 0 Å². The van der Waals surface area contributed by atoms with Crippen LogP contribution in [0.15, 0.2) is 24.3 Å². The number of hydrogen-bond acceptors (Lipinski definition) is 2. The van der Waals surface area contributed by atoms with Crippen LogP contribution < -0.4 is 5.73 Å². The summed E-state index contributed by atoms with van der Waals surface area (Å²) >= 11 is 0. The maximum absolute atomic E-state index is 12.3. The Labute approximate surface area is 97.6 Å². The molecule has 1 aromatic rings. The van der Waals surface area contributed by atoms with E-state index >= 15 is 0 Å². The molecule has 2 N–H and O–H groups in total. The van der Waals surface area contributed by atoms with Gasteiger partial charge in [-0.25, -0.2) is 0 Å². The van der Waals surface area contributed by atoms with Gasteiger partial charge in [-0.3, -0.25) is 4.79 Å². The summed E-state index contributed by atoms with van der Waals surface area (Å²) in [6, 6.07) is 3.41. The fourth-order valence-corrected chi connectivity index (χ4v) is 1.32. The molecule has 2 nitrogen and oxygen atoms in total. The maximum atomic E-state index is 12.3. The van der Waals surface area contributed by atoms with Crippen molar-refractivity contribution in [2.24, 2.45) is 11.7 Å². The van der Waals surface area contributed by atoms with Crippen LogP contribution in [0.25, 0.3) is 0 Å². The first-order valence-electron chi connectivity index (χ1n) is 5.20. The number of carbonyl (C=O) groups is 1. The van der Waals surface area contributed by atoms with Crippen molar-refractivity contribution in [3.05, 3.63) is 35.4 Å². The Bertz CT molecular complexity index is 395. The van der Waals surface area contributed by atoms with Crippen LogP contribution in [0.1, 0.15) is 29.8 Å². The molecule has 5 heteroatoms. The van der Waals surface area contributed by atoms with Gasteiger partial charge in [0.1, 0.15) is 0 Å². The zero-order valence-corrected chi connectivity index (χ0v) is 9.58. The zero-order chi connectivity index (χ0) is 13.2. The number of alkyl halides is 3. The highest BCUT2D eigenvalue weighted by Crippen LogP contribution is 2.29. The molecule has 0 heterocycles. The number of carbonyl (C=O) groups excluding carboxylic acids is 1. The molecule has 0 saturated carbocycles. The molecule has 0 saturated heterocycles. The third-order valence-corrected chi connectivity index (χ3v) is 2.52. The fraction of sp³-hybridized carbons (Fsp3) is 0.417. The first-order valence-corrected chi connectivity index (χ1v) is 5.20. The number of Topliss-reactive ketones (excluding diaryl/α,β-unsaturated/α-hetero) is 1. The third kappa shape index (κ3) is 3.30. The molecule has 1 unspecified atom stereocenters. The highest BCUT2D eigenvalue weighted by Gasteiger charge is 2.30. The number of rotatable bonds is 3. The Morgan fingerprint density at radius 1 is 1.18 bits per heavy atom. The van der Waals surface area contributed by atoms with E-state index in [1.54, 1.807) is 13.8 Å². The minimum absolute atomic E-state index is 0.0511. The minimum Gasteiger partial charge on any atom is -0.321 e. The number of benzene rings is 1. The molecule has 0 aliphatic heterocycles. The molecule has 0 aromatic heterocycles. The van der Waals surface area contributed by atoms with E-state index in [1.807, 2.05) is 0 Å². The van der Waals surface area contributed by atoms with Crippen LogP contribution in [0, 0.1) is 5.92 Å². The third-order valence-electron chi connectivity index (χ3n) is 2.52. The standard InChI is InChI=1S/C12H14F3NO/c1-7(2)10(16)11(17)8-3-5-9(6-4-8)12(13,14)15/h3-7,10H,16H2,1-2H3. The SMILES string of the molecule is CC(C)C(N)C(=O)c1ccc(C(F)(F)F)cc1. The smallest absolute Gasteiger partial charge is 0.321 e. The van der Waals surface area contributed by atoms with Gasteiger partial charge in [-0.1, -0.05) is 26.0 Å². The largest absolute Gasteiger partial charge is 0.416 e. The van der Waals surface area contributed by atoms with Gasteiger partial charge in [-0.2, -0.15) is 13.2 Å². The van der Waals surface area contributed by atoms with Gasteiger partial charge in [0, 0.05) is 5.56 Å². The van der Waals surface area contributed by atoms with Crippen LogP contribution in [0.2, 0.25) is 0 Å². The molecule has 1 atom stereocenters. The monoisotopic (exact) mass is 245 g/mol. The number of halogens is 3. The number of ketones is 1. The van der Waals surface area contributed by atoms with Crippen molar-refractivity contribution < 1.29 is 18.0 Å². The molecule has 17 heavy (non-hydrogen) atoms. The summed E-state index contributed by atoms with van der Waals surface area (Å²) in [5.41, 5.74) is 5.08. The predicted octanol–water partition coefficient (Wildman–Crippen LogP) is 2.87. The average Bonchev–Trinajstić information content (AvgIpc) is 2.26. The van der Waals surface area contributed by atoms with Crippen LogP contribution in [0.5, 0.6) is 0 Å². The van der Waals surface area contributed by atoms with Crippen LogP contribution in [-0.2, 0) is 6.18 Å². The van der Waals surface area contributed by atoms with E-state index in [4.69, 9.17) is 5.73 Å². The normalized spacial score (nSPS) is 13.8. The van der Waals surface area contributed by atoms with Crippen LogP contribution >= 0.6 is 0 Å². The lowest BCUT2D eigenvalue weighted by atomic mass is 9.95. The first-order chi connectivity index (χ1) is 7.73. The van der Waals surface area contributed by atoms with Gasteiger partial charge in [0.05, 0.1) is 11.6 Å². The molecule has 94 valence electrons. The van der Waals surface area contributed by atoms with Crippen molar-refractivity contribution in [3.8, 4) is 0 Å². The number of hydrogen-bond donors (Lipinski definition) is 1. The van der Waals surface area contributed by atoms with E-state index in [0.717, 1.165) is 24.3 Å². The van der Waals surface area contributed by atoms with Crippen molar-refractivity contribution >= 4 is 5.78 Å². The Kier molecular flexibility index (Phi) is 3.93. The van der Waals surface area contributed by atoms with Crippen LogP contribution in [0.3, 0.4) is 0 Å². The Morgan fingerprint density at radius 2 is 1.65 bits per heavy atom. The van der Waals surface area contributed by atoms with Gasteiger partial charge in [-0.05, 0) is 18.1 Å². The molecule has 1 rings (SSSR count). The Balaban J connectivity index is 2.92. The summed E-state index contributed by atoms with van der Waals surface area (Å²) < 4.78 is 36.9. The molecule has 0 aliphatic carbocycles. The summed E-state index contributed by atoms with van der Waals surface area (Å²) in [7, 11) is 0. The molecule has 0 bridgehead atoms. The van der Waals surface area contributed by atoms with Gasteiger partial charge in [-0.15, -0.1) is 0 Å². The molecular weight excluding hydrogens is 231 g/mol. The fourth-order valence-electron chi connectivity index (χ4n) is 1.32. The van der Waals surface area contributed by atoms with E-state index < -0.39 is 17.8 Å². The van der Waals surface area contributed by atoms with Crippen molar-refractivity contribution in [1.29, 1.82) is 0 Å². The maximum Gasteiger partial charge on any atom is 0.416 e. The van der Waals surface area contributed by atoms with E-state index in [9.17, 15) is 18.0 Å². The molecule has 0 amide bonds. The average molecular weight is 245 g/mol. The van der Waals surface area contributed by atoms with Crippen LogP contribution in [-0.4, -0.2) is 11.8 Å². The van der Waals surface area contributed by atoms with Gasteiger partial charge < -0.3 is 5.73 Å². The topological polar surface area (TPSA) is 43.1 Å². The summed E-state index contributed by atoms with van der Waals surface area (Å²) in [6.45, 7) is 3.57. The van der Waals surface area contributed by atoms with Crippen LogP contribution in [0.4, 0.5) is 13.2 Å². The molecule has 0 radical (unpaired) electrons. The molecular formula is C12H14F3NO. The van der Waals surface area contributed by atoms with E-state index in [2.05, 4.69) is 0 Å². The highest BCUT2D eigenvalue weighted by atomic mass is 19.4. The van der Waals surface area contributed by atoms with Gasteiger partial charge in [0.15, 0.2) is 5.78 Å². The van der Waals surface area contributed by atoms with Gasteiger partial charge >= 0.3 is 6.18 Å². The highest BCUT2D eigenvalue weighted by molar-refractivity contribution is 6.00. The second kappa shape index (κ2) is 4.87. The molecule has 0 spiro atoms. The summed E-state index contributed by atoms with van der Waals surface area (Å²) in [6.07, 6.45) is -4.39. The lowest BCUT2D eigenvalue weighted by Gasteiger charge is -2.14. The molecule has 0 aliphatic rings. The first kappa shape index (κ1) is 13.7. The lowest BCUT2D eigenvalue weighted by molar-refractivity contribution is -0.137. The molecule has 0 fully saturated rings. The van der Waals surface area contributed by atoms with Crippen molar-refractivity contribution in [2.45, 2.75) is 26.1 Å². The second-order valence-electron chi connectivity index (χ2n) is 4.21. The summed E-state index contributed by atoms with van der Waals surface area (Å²) in [5, 5.41) is 0. The second-order valence-corrected chi connectivity index (χ2v) is 4.21. The van der Waals surface area contributed by atoms with Crippen molar-refractivity contribution in [2.75, 3.05) is 0 Å². The summed E-state index contributed by atoms with van der Waals surface area (Å²) in [4.78, 5) is 11.7. The molecule has 1 aromatic carbocycles. The van der Waals surface area contributed by atoms with Crippen molar-refractivity contribution in [3.63, 3.8) is 0 Å². The van der Waals surface area contributed by atoms with E-state index in [1.165, 1.54) is 0 Å². The lowest BCUT2D eigenvalue weighted by Crippen LogP contribution is -2.35. The Hall–Kier alpha value is -1.36. The predicted molar refractivity (Wildman–Crippen MR) is 58.6 cm³/mol. The zero-order valence-electron chi connectivity index (χ0n) is 9.58.